The van der Waals surface area contributed by atoms with E-state index in [1.165, 1.54) is 7.11 Å². The number of carbonyl (C=O) groups is 1. The van der Waals surface area contributed by atoms with Crippen molar-refractivity contribution in [3.63, 3.8) is 0 Å². The molecular formula is C13H15ClN2O2. The zero-order valence-corrected chi connectivity index (χ0v) is 11.3. The molecule has 0 saturated carbocycles. The summed E-state index contributed by atoms with van der Waals surface area (Å²) in [5.41, 5.74) is -0.599. The van der Waals surface area contributed by atoms with Crippen molar-refractivity contribution in [3.8, 4) is 11.8 Å². The van der Waals surface area contributed by atoms with E-state index < -0.39 is 5.41 Å². The summed E-state index contributed by atoms with van der Waals surface area (Å²) >= 11 is 5.87. The number of rotatable bonds is 4. The fourth-order valence-corrected chi connectivity index (χ4v) is 1.50. The number of nitrogens with zero attached hydrogens (tertiary/aromatic N) is 1. The van der Waals surface area contributed by atoms with Crippen LogP contribution >= 0.6 is 11.6 Å². The van der Waals surface area contributed by atoms with Crippen LogP contribution in [-0.2, 0) is 4.79 Å². The average molecular weight is 267 g/mol. The summed E-state index contributed by atoms with van der Waals surface area (Å²) < 4.78 is 5.12. The van der Waals surface area contributed by atoms with Gasteiger partial charge in [0.15, 0.2) is 0 Å². The summed E-state index contributed by atoms with van der Waals surface area (Å²) in [5, 5.41) is 12.2. The van der Waals surface area contributed by atoms with E-state index in [1.54, 1.807) is 32.0 Å². The lowest BCUT2D eigenvalue weighted by Crippen LogP contribution is -2.31. The Balaban J connectivity index is 3.02. The molecule has 0 bridgehead atoms. The highest BCUT2D eigenvalue weighted by molar-refractivity contribution is 6.31. The number of methoxy groups -OCH3 is 1. The first kappa shape index (κ1) is 14.3. The minimum absolute atomic E-state index is 0.368. The topological polar surface area (TPSA) is 62.1 Å². The van der Waals surface area contributed by atoms with Gasteiger partial charge in [-0.25, -0.2) is 0 Å². The predicted molar refractivity (Wildman–Crippen MR) is 70.6 cm³/mol. The van der Waals surface area contributed by atoms with Crippen LogP contribution in [0.15, 0.2) is 18.2 Å². The van der Waals surface area contributed by atoms with E-state index in [-0.39, 0.29) is 5.91 Å². The van der Waals surface area contributed by atoms with Crippen LogP contribution in [-0.4, -0.2) is 13.0 Å². The van der Waals surface area contributed by atoms with Crippen molar-refractivity contribution in [2.24, 2.45) is 5.41 Å². The highest BCUT2D eigenvalue weighted by Crippen LogP contribution is 2.30. The molecule has 1 amide bonds. The molecule has 96 valence electrons. The first-order valence-electron chi connectivity index (χ1n) is 5.53. The quantitative estimate of drug-likeness (QED) is 0.910. The van der Waals surface area contributed by atoms with E-state index >= 15 is 0 Å². The number of hydrogen-bond acceptors (Lipinski definition) is 3. The van der Waals surface area contributed by atoms with Gasteiger partial charge in [0.2, 0.25) is 5.91 Å². The molecule has 0 aliphatic carbocycles. The number of hydrogen-bond donors (Lipinski definition) is 1. The highest BCUT2D eigenvalue weighted by Gasteiger charge is 2.31. The fraction of sp³-hybridized carbons (Fsp3) is 0.385. The maximum absolute atomic E-state index is 12.0. The van der Waals surface area contributed by atoms with Gasteiger partial charge >= 0.3 is 0 Å². The molecular weight excluding hydrogens is 252 g/mol. The second kappa shape index (κ2) is 5.74. The number of carbonyl (C=O) groups excluding carboxylic acids is 1. The molecule has 0 saturated heterocycles. The van der Waals surface area contributed by atoms with Gasteiger partial charge in [0.05, 0.1) is 18.9 Å². The summed E-state index contributed by atoms with van der Waals surface area (Å²) in [6.45, 7) is 3.39. The monoisotopic (exact) mass is 266 g/mol. The number of amides is 1. The van der Waals surface area contributed by atoms with Crippen molar-refractivity contribution in [2.75, 3.05) is 12.4 Å². The van der Waals surface area contributed by atoms with Crippen LogP contribution < -0.4 is 10.1 Å². The molecule has 1 atom stereocenters. The van der Waals surface area contributed by atoms with Crippen LogP contribution in [0.4, 0.5) is 5.69 Å². The summed E-state index contributed by atoms with van der Waals surface area (Å²) in [7, 11) is 1.50. The van der Waals surface area contributed by atoms with E-state index in [4.69, 9.17) is 21.6 Å². The fourth-order valence-electron chi connectivity index (χ4n) is 1.33. The number of ether oxygens (including phenoxy) is 1. The molecule has 5 heteroatoms. The lowest BCUT2D eigenvalue weighted by Gasteiger charge is -2.19. The molecule has 0 heterocycles. The van der Waals surface area contributed by atoms with Crippen LogP contribution in [0.5, 0.6) is 5.75 Å². The van der Waals surface area contributed by atoms with Crippen LogP contribution in [0, 0.1) is 16.7 Å². The summed E-state index contributed by atoms with van der Waals surface area (Å²) in [4.78, 5) is 12.0. The maximum Gasteiger partial charge on any atom is 0.244 e. The molecule has 1 N–H and O–H groups in total. The number of anilines is 1. The van der Waals surface area contributed by atoms with Crippen LogP contribution in [0.3, 0.4) is 0 Å². The zero-order valence-electron chi connectivity index (χ0n) is 10.6. The zero-order chi connectivity index (χ0) is 13.8. The second-order valence-corrected chi connectivity index (χ2v) is 4.53. The van der Waals surface area contributed by atoms with Gasteiger partial charge in [0.25, 0.3) is 0 Å². The van der Waals surface area contributed by atoms with Gasteiger partial charge in [-0.05, 0) is 31.5 Å². The Bertz CT molecular complexity index is 496. The molecule has 1 aromatic carbocycles. The molecule has 1 unspecified atom stereocenters. The van der Waals surface area contributed by atoms with E-state index in [0.717, 1.165) is 0 Å². The van der Waals surface area contributed by atoms with Gasteiger partial charge in [-0.2, -0.15) is 5.26 Å². The summed E-state index contributed by atoms with van der Waals surface area (Å²) in [6, 6.07) is 6.93. The SMILES string of the molecule is CCC(C)(C#N)C(=O)Nc1cc(Cl)ccc1OC. The predicted octanol–water partition coefficient (Wildman–Crippen LogP) is 3.23. The largest absolute Gasteiger partial charge is 0.495 e. The van der Waals surface area contributed by atoms with Gasteiger partial charge < -0.3 is 10.1 Å². The van der Waals surface area contributed by atoms with Gasteiger partial charge in [0, 0.05) is 5.02 Å². The van der Waals surface area contributed by atoms with Crippen molar-refractivity contribution < 1.29 is 9.53 Å². The lowest BCUT2D eigenvalue weighted by atomic mass is 9.88. The molecule has 4 nitrogen and oxygen atoms in total. The van der Waals surface area contributed by atoms with Gasteiger partial charge in [0.1, 0.15) is 11.2 Å². The van der Waals surface area contributed by atoms with Crippen LogP contribution in [0.25, 0.3) is 0 Å². The number of benzene rings is 1. The smallest absolute Gasteiger partial charge is 0.244 e. The molecule has 18 heavy (non-hydrogen) atoms. The van der Waals surface area contributed by atoms with Crippen molar-refractivity contribution in [1.29, 1.82) is 5.26 Å². The van der Waals surface area contributed by atoms with Gasteiger partial charge in [-0.1, -0.05) is 18.5 Å². The van der Waals surface area contributed by atoms with Gasteiger partial charge in [-0.15, -0.1) is 0 Å². The van der Waals surface area contributed by atoms with Gasteiger partial charge in [-0.3, -0.25) is 4.79 Å². The number of nitriles is 1. The van der Waals surface area contributed by atoms with Crippen molar-refractivity contribution in [3.05, 3.63) is 23.2 Å². The highest BCUT2D eigenvalue weighted by atomic mass is 35.5. The molecule has 0 fully saturated rings. The Kier molecular flexibility index (Phi) is 4.57. The molecule has 0 radical (unpaired) electrons. The molecule has 1 aromatic rings. The molecule has 0 aliphatic heterocycles. The Labute approximate surface area is 112 Å². The first-order chi connectivity index (χ1) is 8.46. The molecule has 0 aliphatic rings. The van der Waals surface area contributed by atoms with Crippen molar-refractivity contribution in [2.45, 2.75) is 20.3 Å². The maximum atomic E-state index is 12.0. The van der Waals surface area contributed by atoms with Crippen molar-refractivity contribution in [1.82, 2.24) is 0 Å². The van der Waals surface area contributed by atoms with Crippen LogP contribution in [0.1, 0.15) is 20.3 Å². The molecule has 0 spiro atoms. The second-order valence-electron chi connectivity index (χ2n) is 4.10. The van der Waals surface area contributed by atoms with E-state index in [0.29, 0.717) is 22.9 Å². The standard InChI is InChI=1S/C13H15ClN2O2/c1-4-13(2,8-15)12(17)16-10-7-9(14)5-6-11(10)18-3/h5-7H,4H2,1-3H3,(H,16,17). The van der Waals surface area contributed by atoms with Crippen molar-refractivity contribution >= 4 is 23.2 Å². The lowest BCUT2D eigenvalue weighted by molar-refractivity contribution is -0.122. The van der Waals surface area contributed by atoms with Crippen LogP contribution in [0.2, 0.25) is 5.02 Å². The van der Waals surface area contributed by atoms with E-state index in [1.807, 2.05) is 6.07 Å². The third kappa shape index (κ3) is 2.93. The number of halogens is 1. The van der Waals surface area contributed by atoms with E-state index in [2.05, 4.69) is 5.32 Å². The molecule has 0 aromatic heterocycles. The Morgan fingerprint density at radius 2 is 2.28 bits per heavy atom. The Morgan fingerprint density at radius 3 is 2.78 bits per heavy atom. The molecule has 1 rings (SSSR count). The van der Waals surface area contributed by atoms with E-state index in [9.17, 15) is 4.79 Å². The third-order valence-corrected chi connectivity index (χ3v) is 3.10. The Hall–Kier alpha value is -1.73. The average Bonchev–Trinajstić information content (AvgIpc) is 2.38. The summed E-state index contributed by atoms with van der Waals surface area (Å²) in [6.07, 6.45) is 0.429. The number of nitrogens with one attached hydrogen (secondary N) is 1. The summed E-state index contributed by atoms with van der Waals surface area (Å²) in [5.74, 6) is 0.136. The minimum Gasteiger partial charge on any atom is -0.495 e. The third-order valence-electron chi connectivity index (χ3n) is 2.86. The minimum atomic E-state index is -1.06. The Morgan fingerprint density at radius 1 is 1.61 bits per heavy atom. The first-order valence-corrected chi connectivity index (χ1v) is 5.91. The normalized spacial score (nSPS) is 13.3.